The molecule has 1 unspecified atom stereocenters. The molecule has 2 amide bonds. The van der Waals surface area contributed by atoms with Crippen molar-refractivity contribution in [3.05, 3.63) is 30.1 Å². The number of carbonyl (C=O) groups excluding carboxylic acids is 2. The molecule has 25 heavy (non-hydrogen) atoms. The van der Waals surface area contributed by atoms with Crippen molar-refractivity contribution in [3.63, 3.8) is 0 Å². The van der Waals surface area contributed by atoms with Gasteiger partial charge in [0.1, 0.15) is 11.9 Å². The van der Waals surface area contributed by atoms with Crippen molar-refractivity contribution in [1.29, 1.82) is 0 Å². The number of nitrogens with one attached hydrogen (secondary N) is 2. The van der Waals surface area contributed by atoms with E-state index in [0.717, 1.165) is 16.4 Å². The summed E-state index contributed by atoms with van der Waals surface area (Å²) in [5, 5.41) is 0. The zero-order chi connectivity index (χ0) is 18.6. The molecule has 0 spiro atoms. The highest BCUT2D eigenvalue weighted by atomic mass is 32.2. The first-order valence-electron chi connectivity index (χ1n) is 8.08. The van der Waals surface area contributed by atoms with Crippen LogP contribution in [0.1, 0.15) is 33.1 Å². The Morgan fingerprint density at radius 3 is 2.48 bits per heavy atom. The van der Waals surface area contributed by atoms with E-state index in [1.807, 2.05) is 13.8 Å². The lowest BCUT2D eigenvalue weighted by atomic mass is 10.1. The zero-order valence-electron chi connectivity index (χ0n) is 14.2. The summed E-state index contributed by atoms with van der Waals surface area (Å²) in [5.41, 5.74) is 4.59. The third-order valence-electron chi connectivity index (χ3n) is 3.85. The summed E-state index contributed by atoms with van der Waals surface area (Å²) in [7, 11) is -3.91. The van der Waals surface area contributed by atoms with Crippen LogP contribution in [0.4, 0.5) is 4.39 Å². The molecule has 1 aromatic carbocycles. The Balaban J connectivity index is 2.07. The van der Waals surface area contributed by atoms with Crippen molar-refractivity contribution in [3.8, 4) is 0 Å². The van der Waals surface area contributed by atoms with Crippen LogP contribution in [-0.4, -0.2) is 37.1 Å². The lowest BCUT2D eigenvalue weighted by Gasteiger charge is -2.23. The summed E-state index contributed by atoms with van der Waals surface area (Å²) in [5.74, 6) is -1.32. The quantitative estimate of drug-likeness (QED) is 0.760. The Hall–Kier alpha value is -2.00. The lowest BCUT2D eigenvalue weighted by Crippen LogP contribution is -2.51. The molecule has 0 bridgehead atoms. The van der Waals surface area contributed by atoms with Crippen LogP contribution < -0.4 is 10.9 Å². The van der Waals surface area contributed by atoms with Crippen LogP contribution in [-0.2, 0) is 19.6 Å². The molecule has 0 radical (unpaired) electrons. The second-order valence-electron chi connectivity index (χ2n) is 6.36. The second kappa shape index (κ2) is 7.92. The first-order chi connectivity index (χ1) is 11.7. The predicted molar refractivity (Wildman–Crippen MR) is 89.1 cm³/mol. The van der Waals surface area contributed by atoms with E-state index in [4.69, 9.17) is 0 Å². The summed E-state index contributed by atoms with van der Waals surface area (Å²) < 4.78 is 39.5. The molecule has 0 aromatic heterocycles. The molecule has 1 heterocycles. The van der Waals surface area contributed by atoms with Gasteiger partial charge in [-0.3, -0.25) is 20.4 Å². The van der Waals surface area contributed by atoms with E-state index >= 15 is 0 Å². The Kier molecular flexibility index (Phi) is 6.12. The number of carbonyl (C=O) groups is 2. The van der Waals surface area contributed by atoms with Gasteiger partial charge >= 0.3 is 0 Å². The van der Waals surface area contributed by atoms with E-state index in [0.29, 0.717) is 12.8 Å². The van der Waals surface area contributed by atoms with Crippen molar-refractivity contribution < 1.29 is 22.4 Å². The first kappa shape index (κ1) is 19.3. The molecule has 138 valence electrons. The topological polar surface area (TPSA) is 95.6 Å². The molecule has 1 aliphatic heterocycles. The molecular weight excluding hydrogens is 349 g/mol. The maximum absolute atomic E-state index is 13.0. The number of benzene rings is 1. The summed E-state index contributed by atoms with van der Waals surface area (Å²) >= 11 is 0. The smallest absolute Gasteiger partial charge is 0.256 e. The Bertz CT molecular complexity index is 734. The Morgan fingerprint density at radius 1 is 1.24 bits per heavy atom. The molecule has 1 aromatic rings. The molecule has 7 nitrogen and oxygen atoms in total. The van der Waals surface area contributed by atoms with Crippen molar-refractivity contribution in [2.75, 3.05) is 6.54 Å². The van der Waals surface area contributed by atoms with E-state index in [9.17, 15) is 22.4 Å². The first-order valence-corrected chi connectivity index (χ1v) is 9.52. The van der Waals surface area contributed by atoms with E-state index in [1.165, 1.54) is 12.1 Å². The number of hydrogen-bond acceptors (Lipinski definition) is 4. The molecule has 2 rings (SSSR count). The number of halogens is 1. The van der Waals surface area contributed by atoms with Gasteiger partial charge in [0.05, 0.1) is 4.90 Å². The Morgan fingerprint density at radius 2 is 1.88 bits per heavy atom. The molecule has 9 heteroatoms. The van der Waals surface area contributed by atoms with Gasteiger partial charge in [0.25, 0.3) is 5.91 Å². The van der Waals surface area contributed by atoms with Crippen molar-refractivity contribution >= 4 is 21.8 Å². The molecule has 2 N–H and O–H groups in total. The highest BCUT2D eigenvalue weighted by molar-refractivity contribution is 7.89. The van der Waals surface area contributed by atoms with Gasteiger partial charge in [0.2, 0.25) is 15.9 Å². The molecule has 1 atom stereocenters. The van der Waals surface area contributed by atoms with Gasteiger partial charge in [-0.05, 0) is 43.0 Å². The molecule has 0 aliphatic carbocycles. The van der Waals surface area contributed by atoms with E-state index in [1.54, 1.807) is 0 Å². The number of amides is 2. The molecule has 1 fully saturated rings. The summed E-state index contributed by atoms with van der Waals surface area (Å²) in [6.07, 6.45) is 1.13. The largest absolute Gasteiger partial charge is 0.273 e. The maximum Gasteiger partial charge on any atom is 0.256 e. The number of hydrogen-bond donors (Lipinski definition) is 2. The Labute approximate surface area is 146 Å². The minimum atomic E-state index is -3.91. The summed E-state index contributed by atoms with van der Waals surface area (Å²) in [4.78, 5) is 23.8. The van der Waals surface area contributed by atoms with E-state index in [2.05, 4.69) is 10.9 Å². The van der Waals surface area contributed by atoms with Crippen LogP contribution in [0.2, 0.25) is 0 Å². The highest BCUT2D eigenvalue weighted by Gasteiger charge is 2.39. The van der Waals surface area contributed by atoms with Gasteiger partial charge in [-0.15, -0.1) is 0 Å². The summed E-state index contributed by atoms with van der Waals surface area (Å²) in [6.45, 7) is 3.93. The minimum absolute atomic E-state index is 0.0718. The van der Waals surface area contributed by atoms with Crippen LogP contribution >= 0.6 is 0 Å². The molecule has 1 aliphatic rings. The van der Waals surface area contributed by atoms with Gasteiger partial charge in [0, 0.05) is 13.0 Å². The van der Waals surface area contributed by atoms with Gasteiger partial charge in [0.15, 0.2) is 0 Å². The third-order valence-corrected chi connectivity index (χ3v) is 5.77. The SMILES string of the molecule is CC(C)CC(=O)NNC(=O)C1CCCN1S(=O)(=O)c1ccc(F)cc1. The highest BCUT2D eigenvalue weighted by Crippen LogP contribution is 2.26. The minimum Gasteiger partial charge on any atom is -0.273 e. The van der Waals surface area contributed by atoms with Gasteiger partial charge in [-0.2, -0.15) is 4.31 Å². The van der Waals surface area contributed by atoms with Gasteiger partial charge < -0.3 is 0 Å². The van der Waals surface area contributed by atoms with Crippen LogP contribution in [0.3, 0.4) is 0 Å². The standard InChI is InChI=1S/C16H22FN3O4S/c1-11(2)10-15(21)18-19-16(22)14-4-3-9-20(14)25(23,24)13-7-5-12(17)6-8-13/h5-8,11,14H,3-4,9-10H2,1-2H3,(H,18,21)(H,19,22). The monoisotopic (exact) mass is 371 g/mol. The van der Waals surface area contributed by atoms with Crippen molar-refractivity contribution in [2.24, 2.45) is 5.92 Å². The van der Waals surface area contributed by atoms with Crippen LogP contribution in [0.5, 0.6) is 0 Å². The van der Waals surface area contributed by atoms with Crippen LogP contribution in [0.15, 0.2) is 29.2 Å². The third kappa shape index (κ3) is 4.76. The average Bonchev–Trinajstić information content (AvgIpc) is 3.03. The van der Waals surface area contributed by atoms with E-state index in [-0.39, 0.29) is 29.7 Å². The predicted octanol–water partition coefficient (Wildman–Crippen LogP) is 1.17. The summed E-state index contributed by atoms with van der Waals surface area (Å²) in [6, 6.07) is 3.55. The number of hydrazine groups is 1. The maximum atomic E-state index is 13.0. The fraction of sp³-hybridized carbons (Fsp3) is 0.500. The molecule has 0 saturated carbocycles. The number of sulfonamides is 1. The van der Waals surface area contributed by atoms with Crippen LogP contribution in [0.25, 0.3) is 0 Å². The number of rotatable bonds is 5. The van der Waals surface area contributed by atoms with Gasteiger partial charge in [-0.1, -0.05) is 13.8 Å². The number of nitrogens with zero attached hydrogens (tertiary/aromatic N) is 1. The normalized spacial score (nSPS) is 18.3. The molecule has 1 saturated heterocycles. The van der Waals surface area contributed by atoms with E-state index < -0.39 is 27.8 Å². The fourth-order valence-electron chi connectivity index (χ4n) is 2.67. The van der Waals surface area contributed by atoms with Crippen molar-refractivity contribution in [1.82, 2.24) is 15.2 Å². The zero-order valence-corrected chi connectivity index (χ0v) is 15.0. The second-order valence-corrected chi connectivity index (χ2v) is 8.25. The lowest BCUT2D eigenvalue weighted by molar-refractivity contribution is -0.131. The fourth-order valence-corrected chi connectivity index (χ4v) is 4.32. The van der Waals surface area contributed by atoms with Gasteiger partial charge in [-0.25, -0.2) is 12.8 Å². The van der Waals surface area contributed by atoms with Crippen LogP contribution in [0, 0.1) is 11.7 Å². The van der Waals surface area contributed by atoms with Crippen molar-refractivity contribution in [2.45, 2.75) is 44.0 Å². The average molecular weight is 371 g/mol. The molecular formula is C16H22FN3O4S.